The number of carbonyl (C=O) groups excluding carboxylic acids is 1. The lowest BCUT2D eigenvalue weighted by Gasteiger charge is -2.17. The molecule has 0 spiro atoms. The van der Waals surface area contributed by atoms with Crippen molar-refractivity contribution in [3.63, 3.8) is 0 Å². The van der Waals surface area contributed by atoms with Crippen LogP contribution < -0.4 is 5.32 Å². The number of aryl methyl sites for hydroxylation is 1. The van der Waals surface area contributed by atoms with Gasteiger partial charge < -0.3 is 14.8 Å². The zero-order chi connectivity index (χ0) is 14.3. The fourth-order valence-corrected chi connectivity index (χ4v) is 1.62. The molecule has 0 saturated heterocycles. The second-order valence-electron chi connectivity index (χ2n) is 4.03. The molecule has 1 N–H and O–H groups in total. The number of hydrogen-bond acceptors (Lipinski definition) is 3. The molecule has 0 aromatic heterocycles. The van der Waals surface area contributed by atoms with E-state index < -0.39 is 18.0 Å². The summed E-state index contributed by atoms with van der Waals surface area (Å²) in [6.07, 6.45) is -0.508. The first kappa shape index (κ1) is 15.6. The van der Waals surface area contributed by atoms with Crippen LogP contribution in [-0.4, -0.2) is 32.0 Å². The van der Waals surface area contributed by atoms with E-state index in [1.165, 1.54) is 12.1 Å². The summed E-state index contributed by atoms with van der Waals surface area (Å²) in [6.45, 7) is 6.65. The van der Waals surface area contributed by atoms with E-state index in [9.17, 15) is 9.18 Å². The first-order valence-corrected chi connectivity index (χ1v) is 6.36. The van der Waals surface area contributed by atoms with E-state index in [-0.39, 0.29) is 12.1 Å². The second kappa shape index (κ2) is 7.86. The van der Waals surface area contributed by atoms with Crippen molar-refractivity contribution in [3.05, 3.63) is 35.1 Å². The first-order valence-electron chi connectivity index (χ1n) is 6.36. The minimum absolute atomic E-state index is 0.0340. The van der Waals surface area contributed by atoms with Crippen molar-refractivity contribution in [1.29, 1.82) is 0 Å². The van der Waals surface area contributed by atoms with Gasteiger partial charge in [0, 0.05) is 13.2 Å². The number of nitrogens with one attached hydrogen (secondary N) is 1. The Balaban J connectivity index is 2.61. The summed E-state index contributed by atoms with van der Waals surface area (Å²) in [5.74, 6) is -1.00. The summed E-state index contributed by atoms with van der Waals surface area (Å²) < 4.78 is 24.1. The molecular weight excluding hydrogens is 249 g/mol. The third-order valence-corrected chi connectivity index (χ3v) is 2.50. The van der Waals surface area contributed by atoms with E-state index >= 15 is 0 Å². The molecule has 106 valence electrons. The molecule has 0 unspecified atom stereocenters. The monoisotopic (exact) mass is 269 g/mol. The quantitative estimate of drug-likeness (QED) is 0.772. The van der Waals surface area contributed by atoms with Crippen LogP contribution in [0.2, 0.25) is 0 Å². The normalized spacial score (nSPS) is 10.8. The summed E-state index contributed by atoms with van der Waals surface area (Å²) in [5.41, 5.74) is 0.865. The number of rotatable bonds is 7. The fourth-order valence-electron chi connectivity index (χ4n) is 1.62. The lowest BCUT2D eigenvalue weighted by Crippen LogP contribution is -2.35. The zero-order valence-corrected chi connectivity index (χ0v) is 11.5. The lowest BCUT2D eigenvalue weighted by molar-refractivity contribution is -0.131. The summed E-state index contributed by atoms with van der Waals surface area (Å²) in [4.78, 5) is 11.9. The molecule has 0 bridgehead atoms. The highest BCUT2D eigenvalue weighted by atomic mass is 19.1. The van der Waals surface area contributed by atoms with Crippen LogP contribution in [0.25, 0.3) is 0 Å². The van der Waals surface area contributed by atoms with Crippen LogP contribution in [0, 0.1) is 12.7 Å². The Hall–Kier alpha value is -1.46. The molecule has 0 fully saturated rings. The molecule has 1 aromatic carbocycles. The Bertz CT molecular complexity index is 417. The van der Waals surface area contributed by atoms with E-state index in [1.807, 2.05) is 13.8 Å². The van der Waals surface area contributed by atoms with Crippen LogP contribution in [0.15, 0.2) is 18.2 Å². The molecule has 1 rings (SSSR count). The van der Waals surface area contributed by atoms with Gasteiger partial charge in [0.1, 0.15) is 5.82 Å². The second-order valence-corrected chi connectivity index (χ2v) is 4.03. The van der Waals surface area contributed by atoms with E-state index in [4.69, 9.17) is 9.47 Å². The summed E-state index contributed by atoms with van der Waals surface area (Å²) >= 11 is 0. The molecule has 5 heteroatoms. The maximum Gasteiger partial charge on any atom is 0.254 e. The third kappa shape index (κ3) is 4.96. The van der Waals surface area contributed by atoms with E-state index in [0.29, 0.717) is 13.2 Å². The van der Waals surface area contributed by atoms with Gasteiger partial charge in [-0.15, -0.1) is 0 Å². The molecule has 0 atom stereocenters. The van der Waals surface area contributed by atoms with Crippen molar-refractivity contribution >= 4 is 5.91 Å². The van der Waals surface area contributed by atoms with Crippen molar-refractivity contribution in [3.8, 4) is 0 Å². The highest BCUT2D eigenvalue weighted by molar-refractivity contribution is 5.94. The zero-order valence-electron chi connectivity index (χ0n) is 11.5. The van der Waals surface area contributed by atoms with Gasteiger partial charge in [0.2, 0.25) is 0 Å². The maximum atomic E-state index is 13.5. The van der Waals surface area contributed by atoms with Gasteiger partial charge in [-0.1, -0.05) is 11.6 Å². The Morgan fingerprint density at radius 2 is 1.95 bits per heavy atom. The number of carbonyl (C=O) groups is 1. The number of benzene rings is 1. The predicted molar refractivity (Wildman–Crippen MR) is 70.5 cm³/mol. The molecule has 0 aliphatic heterocycles. The van der Waals surface area contributed by atoms with E-state index in [1.54, 1.807) is 13.0 Å². The molecule has 0 radical (unpaired) electrons. The van der Waals surface area contributed by atoms with Gasteiger partial charge in [-0.3, -0.25) is 4.79 Å². The van der Waals surface area contributed by atoms with Crippen LogP contribution in [0.5, 0.6) is 0 Å². The van der Waals surface area contributed by atoms with Crippen molar-refractivity contribution in [2.75, 3.05) is 19.8 Å². The van der Waals surface area contributed by atoms with Gasteiger partial charge in [0.05, 0.1) is 12.1 Å². The Morgan fingerprint density at radius 3 is 2.53 bits per heavy atom. The molecular formula is C14H20FNO3. The third-order valence-electron chi connectivity index (χ3n) is 2.50. The van der Waals surface area contributed by atoms with Gasteiger partial charge in [-0.05, 0) is 32.9 Å². The van der Waals surface area contributed by atoms with Gasteiger partial charge in [0.15, 0.2) is 6.29 Å². The van der Waals surface area contributed by atoms with Crippen molar-refractivity contribution in [1.82, 2.24) is 5.32 Å². The van der Waals surface area contributed by atoms with Gasteiger partial charge in [0.25, 0.3) is 5.91 Å². The van der Waals surface area contributed by atoms with Crippen LogP contribution in [0.1, 0.15) is 29.8 Å². The molecule has 4 nitrogen and oxygen atoms in total. The molecule has 1 amide bonds. The molecule has 1 aromatic rings. The molecule has 0 saturated carbocycles. The van der Waals surface area contributed by atoms with Gasteiger partial charge in [-0.2, -0.15) is 0 Å². The number of ether oxygens (including phenoxy) is 2. The average molecular weight is 269 g/mol. The van der Waals surface area contributed by atoms with Crippen LogP contribution >= 0.6 is 0 Å². The van der Waals surface area contributed by atoms with Gasteiger partial charge in [-0.25, -0.2) is 4.39 Å². The first-order chi connectivity index (χ1) is 9.08. The lowest BCUT2D eigenvalue weighted by atomic mass is 10.1. The van der Waals surface area contributed by atoms with E-state index in [0.717, 1.165) is 5.56 Å². The highest BCUT2D eigenvalue weighted by Gasteiger charge is 2.14. The summed E-state index contributed by atoms with van der Waals surface area (Å²) in [5, 5.41) is 2.61. The van der Waals surface area contributed by atoms with Crippen LogP contribution in [0.4, 0.5) is 4.39 Å². The number of halogens is 1. The minimum atomic E-state index is -0.535. The highest BCUT2D eigenvalue weighted by Crippen LogP contribution is 2.09. The Kier molecular flexibility index (Phi) is 6.45. The molecule has 0 heterocycles. The molecule has 0 aliphatic carbocycles. The topological polar surface area (TPSA) is 47.6 Å². The summed E-state index contributed by atoms with van der Waals surface area (Å²) in [7, 11) is 0. The van der Waals surface area contributed by atoms with Crippen molar-refractivity contribution in [2.24, 2.45) is 0 Å². The Labute approximate surface area is 112 Å². The number of hydrogen-bond donors (Lipinski definition) is 1. The Morgan fingerprint density at radius 1 is 1.32 bits per heavy atom. The molecule has 0 aliphatic rings. The minimum Gasteiger partial charge on any atom is -0.351 e. The summed E-state index contributed by atoms with van der Waals surface area (Å²) in [6, 6.07) is 4.42. The van der Waals surface area contributed by atoms with Crippen molar-refractivity contribution < 1.29 is 18.7 Å². The largest absolute Gasteiger partial charge is 0.351 e. The van der Waals surface area contributed by atoms with Crippen LogP contribution in [0.3, 0.4) is 0 Å². The van der Waals surface area contributed by atoms with Gasteiger partial charge >= 0.3 is 0 Å². The fraction of sp³-hybridized carbons (Fsp3) is 0.500. The predicted octanol–water partition coefficient (Wildman–Crippen LogP) is 2.26. The van der Waals surface area contributed by atoms with E-state index in [2.05, 4.69) is 5.32 Å². The molecule has 19 heavy (non-hydrogen) atoms. The SMILES string of the molecule is CCOC(CNC(=O)c1cc(C)ccc1F)OCC. The standard InChI is InChI=1S/C14H20FNO3/c1-4-18-13(19-5-2)9-16-14(17)11-8-10(3)6-7-12(11)15/h6-8,13H,4-5,9H2,1-3H3,(H,16,17). The number of amides is 1. The average Bonchev–Trinajstić information content (AvgIpc) is 2.39. The van der Waals surface area contributed by atoms with Crippen LogP contribution in [-0.2, 0) is 9.47 Å². The smallest absolute Gasteiger partial charge is 0.254 e. The van der Waals surface area contributed by atoms with Crippen molar-refractivity contribution in [2.45, 2.75) is 27.1 Å². The maximum absolute atomic E-state index is 13.5.